The number of halogens is 1. The number of benzene rings is 2. The highest BCUT2D eigenvalue weighted by atomic mass is 32.2. The maximum Gasteiger partial charge on any atom is 0.337 e. The first-order valence-electron chi connectivity index (χ1n) is 5.13. The van der Waals surface area contributed by atoms with E-state index in [9.17, 15) is 9.18 Å². The second-order valence-corrected chi connectivity index (χ2v) is 4.70. The van der Waals surface area contributed by atoms with Crippen molar-refractivity contribution in [3.8, 4) is 0 Å². The predicted octanol–water partition coefficient (Wildman–Crippen LogP) is 3.26. The van der Waals surface area contributed by atoms with Crippen LogP contribution < -0.4 is 5.73 Å². The summed E-state index contributed by atoms with van der Waals surface area (Å²) in [7, 11) is 0. The molecule has 18 heavy (non-hydrogen) atoms. The number of hydrogen-bond acceptors (Lipinski definition) is 3. The Morgan fingerprint density at radius 3 is 2.56 bits per heavy atom. The second kappa shape index (κ2) is 5.10. The number of hydrogen-bond donors (Lipinski definition) is 2. The molecule has 0 aliphatic carbocycles. The summed E-state index contributed by atoms with van der Waals surface area (Å²) in [6.07, 6.45) is 0. The molecule has 0 saturated carbocycles. The van der Waals surface area contributed by atoms with Crippen LogP contribution in [-0.4, -0.2) is 11.1 Å². The predicted molar refractivity (Wildman–Crippen MR) is 68.3 cm³/mol. The molecule has 0 saturated heterocycles. The Balaban J connectivity index is 2.29. The number of rotatable bonds is 3. The number of nitrogens with two attached hydrogens (primary N) is 1. The lowest BCUT2D eigenvalue weighted by Crippen LogP contribution is -2.01. The summed E-state index contributed by atoms with van der Waals surface area (Å²) in [5, 5.41) is 8.84. The number of carbonyl (C=O) groups is 1. The van der Waals surface area contributed by atoms with Gasteiger partial charge in [0, 0.05) is 15.5 Å². The lowest BCUT2D eigenvalue weighted by Gasteiger charge is -2.05. The quantitative estimate of drug-likeness (QED) is 0.834. The van der Waals surface area contributed by atoms with E-state index in [4.69, 9.17) is 10.8 Å². The highest BCUT2D eigenvalue weighted by Crippen LogP contribution is 2.31. The van der Waals surface area contributed by atoms with E-state index in [1.165, 1.54) is 30.0 Å². The van der Waals surface area contributed by atoms with Crippen molar-refractivity contribution in [2.75, 3.05) is 5.73 Å². The van der Waals surface area contributed by atoms with Crippen LogP contribution in [0.5, 0.6) is 0 Å². The van der Waals surface area contributed by atoms with Crippen LogP contribution in [0.3, 0.4) is 0 Å². The summed E-state index contributed by atoms with van der Waals surface area (Å²) in [4.78, 5) is 12.0. The molecule has 0 radical (unpaired) electrons. The Bertz CT molecular complexity index is 601. The third-order valence-corrected chi connectivity index (χ3v) is 3.36. The number of anilines is 1. The van der Waals surface area contributed by atoms with Gasteiger partial charge in [0.05, 0.1) is 5.56 Å². The van der Waals surface area contributed by atoms with Gasteiger partial charge in [-0.05, 0) is 30.3 Å². The smallest absolute Gasteiger partial charge is 0.337 e. The summed E-state index contributed by atoms with van der Waals surface area (Å²) >= 11 is 1.20. The van der Waals surface area contributed by atoms with Gasteiger partial charge in [-0.25, -0.2) is 9.18 Å². The zero-order valence-corrected chi connectivity index (χ0v) is 10.1. The molecular formula is C13H10FNO2S. The minimum atomic E-state index is -1.07. The number of carboxylic acids is 1. The van der Waals surface area contributed by atoms with Crippen LogP contribution in [0.15, 0.2) is 52.3 Å². The molecule has 3 nitrogen and oxygen atoms in total. The fraction of sp³-hybridized carbons (Fsp3) is 0. The molecule has 0 amide bonds. The van der Waals surface area contributed by atoms with Crippen LogP contribution in [0.1, 0.15) is 10.4 Å². The van der Waals surface area contributed by atoms with E-state index in [1.54, 1.807) is 24.3 Å². The average Bonchev–Trinajstić information content (AvgIpc) is 2.32. The second-order valence-electron chi connectivity index (χ2n) is 3.59. The fourth-order valence-corrected chi connectivity index (χ4v) is 2.34. The molecule has 0 spiro atoms. The maximum atomic E-state index is 13.4. The topological polar surface area (TPSA) is 63.3 Å². The number of aromatic carboxylic acids is 1. The van der Waals surface area contributed by atoms with E-state index < -0.39 is 5.97 Å². The molecule has 0 atom stereocenters. The van der Waals surface area contributed by atoms with E-state index in [0.717, 1.165) is 0 Å². The van der Waals surface area contributed by atoms with Crippen molar-refractivity contribution in [3.05, 3.63) is 53.8 Å². The van der Waals surface area contributed by atoms with Crippen LogP contribution in [0.4, 0.5) is 10.1 Å². The largest absolute Gasteiger partial charge is 0.478 e. The van der Waals surface area contributed by atoms with Crippen molar-refractivity contribution in [1.29, 1.82) is 0 Å². The molecule has 0 fully saturated rings. The summed E-state index contributed by atoms with van der Waals surface area (Å²) in [5.41, 5.74) is 5.85. The van der Waals surface area contributed by atoms with Crippen LogP contribution in [-0.2, 0) is 0 Å². The lowest BCUT2D eigenvalue weighted by molar-refractivity contribution is 0.0698. The Labute approximate surface area is 107 Å². The summed E-state index contributed by atoms with van der Waals surface area (Å²) in [6, 6.07) is 10.9. The zero-order chi connectivity index (χ0) is 13.1. The molecular weight excluding hydrogens is 253 g/mol. The molecule has 0 heterocycles. The molecule has 0 bridgehead atoms. The zero-order valence-electron chi connectivity index (χ0n) is 9.26. The van der Waals surface area contributed by atoms with E-state index in [1.807, 2.05) is 0 Å². The van der Waals surface area contributed by atoms with E-state index in [2.05, 4.69) is 0 Å². The maximum absolute atomic E-state index is 13.4. The first kappa shape index (κ1) is 12.4. The van der Waals surface area contributed by atoms with Crippen LogP contribution in [0.25, 0.3) is 0 Å². The third-order valence-electron chi connectivity index (χ3n) is 2.32. The molecule has 2 aromatic carbocycles. The number of carboxylic acid groups (broad SMARTS) is 1. The minimum absolute atomic E-state index is 0.0490. The van der Waals surface area contributed by atoms with Gasteiger partial charge < -0.3 is 10.8 Å². The van der Waals surface area contributed by atoms with E-state index in [0.29, 0.717) is 9.79 Å². The number of nitrogen functional groups attached to an aromatic ring is 1. The van der Waals surface area contributed by atoms with Crippen molar-refractivity contribution in [2.45, 2.75) is 9.79 Å². The first-order valence-corrected chi connectivity index (χ1v) is 5.95. The monoisotopic (exact) mass is 263 g/mol. The average molecular weight is 263 g/mol. The van der Waals surface area contributed by atoms with Gasteiger partial charge in [0.15, 0.2) is 0 Å². The molecule has 0 unspecified atom stereocenters. The SMILES string of the molecule is Nc1cc(Sc2ccccc2F)ccc1C(=O)O. The van der Waals surface area contributed by atoms with Crippen molar-refractivity contribution in [3.63, 3.8) is 0 Å². The highest BCUT2D eigenvalue weighted by molar-refractivity contribution is 7.99. The van der Waals surface area contributed by atoms with Crippen molar-refractivity contribution >= 4 is 23.4 Å². The summed E-state index contributed by atoms with van der Waals surface area (Å²) in [5.74, 6) is -1.39. The van der Waals surface area contributed by atoms with Gasteiger partial charge in [-0.2, -0.15) is 0 Å². The van der Waals surface area contributed by atoms with Gasteiger partial charge in [0.1, 0.15) is 5.82 Å². The molecule has 0 aromatic heterocycles. The van der Waals surface area contributed by atoms with Gasteiger partial charge in [-0.1, -0.05) is 23.9 Å². The van der Waals surface area contributed by atoms with Gasteiger partial charge >= 0.3 is 5.97 Å². The Kier molecular flexibility index (Phi) is 3.53. The van der Waals surface area contributed by atoms with Gasteiger partial charge in [0.2, 0.25) is 0 Å². The third kappa shape index (κ3) is 2.62. The molecule has 92 valence electrons. The molecule has 0 aliphatic rings. The van der Waals surface area contributed by atoms with E-state index in [-0.39, 0.29) is 17.1 Å². The van der Waals surface area contributed by atoms with Crippen molar-refractivity contribution in [1.82, 2.24) is 0 Å². The van der Waals surface area contributed by atoms with Crippen LogP contribution in [0.2, 0.25) is 0 Å². The van der Waals surface area contributed by atoms with Gasteiger partial charge in [0.25, 0.3) is 0 Å². The standard InChI is InChI=1S/C13H10FNO2S/c14-10-3-1-2-4-12(10)18-8-5-6-9(13(16)17)11(15)7-8/h1-7H,15H2,(H,16,17). The summed E-state index contributed by atoms with van der Waals surface area (Å²) in [6.45, 7) is 0. The molecule has 0 aliphatic heterocycles. The normalized spacial score (nSPS) is 10.3. The van der Waals surface area contributed by atoms with Crippen LogP contribution >= 0.6 is 11.8 Å². The Morgan fingerprint density at radius 2 is 1.94 bits per heavy atom. The van der Waals surface area contributed by atoms with Crippen LogP contribution in [0, 0.1) is 5.82 Å². The Morgan fingerprint density at radius 1 is 1.22 bits per heavy atom. The van der Waals surface area contributed by atoms with Gasteiger partial charge in [-0.3, -0.25) is 0 Å². The van der Waals surface area contributed by atoms with Crippen molar-refractivity contribution in [2.24, 2.45) is 0 Å². The lowest BCUT2D eigenvalue weighted by atomic mass is 10.2. The molecule has 3 N–H and O–H groups in total. The first-order chi connectivity index (χ1) is 8.58. The molecule has 2 aromatic rings. The minimum Gasteiger partial charge on any atom is -0.478 e. The fourth-order valence-electron chi connectivity index (χ4n) is 1.45. The molecule has 5 heteroatoms. The molecule has 2 rings (SSSR count). The highest BCUT2D eigenvalue weighted by Gasteiger charge is 2.09. The van der Waals surface area contributed by atoms with Gasteiger partial charge in [-0.15, -0.1) is 0 Å². The van der Waals surface area contributed by atoms with E-state index >= 15 is 0 Å². The Hall–Kier alpha value is -2.01. The summed E-state index contributed by atoms with van der Waals surface area (Å²) < 4.78 is 13.4. The van der Waals surface area contributed by atoms with Crippen molar-refractivity contribution < 1.29 is 14.3 Å².